The van der Waals surface area contributed by atoms with E-state index < -0.39 is 0 Å². The van der Waals surface area contributed by atoms with E-state index in [1.807, 2.05) is 42.5 Å². The van der Waals surface area contributed by atoms with Gasteiger partial charge < -0.3 is 29.6 Å². The van der Waals surface area contributed by atoms with Gasteiger partial charge in [-0.25, -0.2) is 0 Å². The fourth-order valence-corrected chi connectivity index (χ4v) is 5.17. The van der Waals surface area contributed by atoms with Crippen LogP contribution >= 0.6 is 11.6 Å². The Labute approximate surface area is 240 Å². The van der Waals surface area contributed by atoms with Crippen molar-refractivity contribution in [2.75, 3.05) is 40.5 Å². The third kappa shape index (κ3) is 6.90. The Morgan fingerprint density at radius 3 is 2.50 bits per heavy atom. The van der Waals surface area contributed by atoms with E-state index in [4.69, 9.17) is 30.5 Å². The second-order valence-electron chi connectivity index (χ2n) is 9.97. The monoisotopic (exact) mass is 562 g/mol. The lowest BCUT2D eigenvalue weighted by molar-refractivity contribution is -0.118. The Morgan fingerprint density at radius 1 is 0.950 bits per heavy atom. The number of amides is 1. The number of rotatable bonds is 12. The molecule has 0 spiro atoms. The SMILES string of the molecule is COc1cccc(C(NC(=O)C2=C(c3ccc(OCCOc4ccc(Cl)cc4OC)cc3)CCNC2)C2CC2)c1. The lowest BCUT2D eigenvalue weighted by atomic mass is 9.93. The summed E-state index contributed by atoms with van der Waals surface area (Å²) in [7, 11) is 3.24. The van der Waals surface area contributed by atoms with Crippen molar-refractivity contribution in [3.63, 3.8) is 0 Å². The zero-order valence-corrected chi connectivity index (χ0v) is 23.6. The molecule has 1 amide bonds. The molecule has 7 nitrogen and oxygen atoms in total. The molecule has 210 valence electrons. The van der Waals surface area contributed by atoms with E-state index in [0.29, 0.717) is 42.2 Å². The second kappa shape index (κ2) is 13.1. The quantitative estimate of drug-likeness (QED) is 0.270. The summed E-state index contributed by atoms with van der Waals surface area (Å²) in [5.74, 6) is 3.18. The first-order valence-corrected chi connectivity index (χ1v) is 14.0. The lowest BCUT2D eigenvalue weighted by Gasteiger charge is -2.25. The highest BCUT2D eigenvalue weighted by Gasteiger charge is 2.34. The topological polar surface area (TPSA) is 78.1 Å². The van der Waals surface area contributed by atoms with E-state index in [1.165, 1.54) is 0 Å². The van der Waals surface area contributed by atoms with Crippen molar-refractivity contribution in [1.29, 1.82) is 0 Å². The average molecular weight is 563 g/mol. The minimum absolute atomic E-state index is 0.0166. The van der Waals surface area contributed by atoms with Gasteiger partial charge in [0.2, 0.25) is 5.91 Å². The summed E-state index contributed by atoms with van der Waals surface area (Å²) in [4.78, 5) is 13.6. The molecule has 2 N–H and O–H groups in total. The molecule has 0 aromatic heterocycles. The van der Waals surface area contributed by atoms with E-state index in [2.05, 4.69) is 16.7 Å². The van der Waals surface area contributed by atoms with Gasteiger partial charge in [0.05, 0.1) is 20.3 Å². The summed E-state index contributed by atoms with van der Waals surface area (Å²) in [5, 5.41) is 7.30. The summed E-state index contributed by atoms with van der Waals surface area (Å²) >= 11 is 6.01. The minimum Gasteiger partial charge on any atom is -0.497 e. The Morgan fingerprint density at radius 2 is 1.75 bits per heavy atom. The summed E-state index contributed by atoms with van der Waals surface area (Å²) in [6.07, 6.45) is 3.02. The van der Waals surface area contributed by atoms with Crippen LogP contribution in [-0.2, 0) is 4.79 Å². The van der Waals surface area contributed by atoms with Crippen molar-refractivity contribution in [3.8, 4) is 23.0 Å². The first kappa shape index (κ1) is 27.9. The number of carbonyl (C=O) groups excluding carboxylic acids is 1. The van der Waals surface area contributed by atoms with Crippen LogP contribution in [0.4, 0.5) is 0 Å². The molecule has 3 aromatic carbocycles. The van der Waals surface area contributed by atoms with Crippen LogP contribution in [0.3, 0.4) is 0 Å². The molecule has 1 saturated carbocycles. The highest BCUT2D eigenvalue weighted by molar-refractivity contribution is 6.30. The summed E-state index contributed by atoms with van der Waals surface area (Å²) < 4.78 is 22.4. The maximum absolute atomic E-state index is 13.6. The Hall–Kier alpha value is -3.68. The number of hydrogen-bond acceptors (Lipinski definition) is 6. The molecule has 8 heteroatoms. The summed E-state index contributed by atoms with van der Waals surface area (Å²) in [6.45, 7) is 2.10. The van der Waals surface area contributed by atoms with Gasteiger partial charge in [0, 0.05) is 23.2 Å². The minimum atomic E-state index is -0.0240. The first-order valence-electron chi connectivity index (χ1n) is 13.6. The van der Waals surface area contributed by atoms with E-state index in [1.54, 1.807) is 32.4 Å². The number of methoxy groups -OCH3 is 2. The van der Waals surface area contributed by atoms with Crippen molar-refractivity contribution in [1.82, 2.24) is 10.6 Å². The number of ether oxygens (including phenoxy) is 4. The van der Waals surface area contributed by atoms with Gasteiger partial charge in [0.25, 0.3) is 0 Å². The van der Waals surface area contributed by atoms with Gasteiger partial charge in [0.1, 0.15) is 24.7 Å². The molecule has 0 radical (unpaired) electrons. The lowest BCUT2D eigenvalue weighted by Crippen LogP contribution is -2.37. The van der Waals surface area contributed by atoms with Gasteiger partial charge in [-0.1, -0.05) is 35.9 Å². The molecule has 0 saturated heterocycles. The third-order valence-electron chi connectivity index (χ3n) is 7.26. The second-order valence-corrected chi connectivity index (χ2v) is 10.4. The maximum Gasteiger partial charge on any atom is 0.249 e. The van der Waals surface area contributed by atoms with Crippen LogP contribution in [0.2, 0.25) is 5.02 Å². The number of benzene rings is 3. The van der Waals surface area contributed by atoms with Crippen LogP contribution in [0, 0.1) is 5.92 Å². The molecule has 1 aliphatic carbocycles. The van der Waals surface area contributed by atoms with Crippen LogP contribution in [-0.4, -0.2) is 46.4 Å². The van der Waals surface area contributed by atoms with Gasteiger partial charge in [-0.15, -0.1) is 0 Å². The maximum atomic E-state index is 13.6. The number of halogens is 1. The molecule has 1 atom stereocenters. The first-order chi connectivity index (χ1) is 19.6. The van der Waals surface area contributed by atoms with Crippen molar-refractivity contribution in [2.24, 2.45) is 5.92 Å². The molecule has 40 heavy (non-hydrogen) atoms. The molecule has 1 unspecified atom stereocenters. The van der Waals surface area contributed by atoms with Gasteiger partial charge >= 0.3 is 0 Å². The average Bonchev–Trinajstić information content (AvgIpc) is 3.84. The van der Waals surface area contributed by atoms with Crippen LogP contribution in [0.1, 0.15) is 36.4 Å². The number of nitrogens with one attached hydrogen (secondary N) is 2. The zero-order chi connectivity index (χ0) is 27.9. The van der Waals surface area contributed by atoms with Crippen LogP contribution in [0.25, 0.3) is 5.57 Å². The van der Waals surface area contributed by atoms with Crippen LogP contribution in [0.5, 0.6) is 23.0 Å². The van der Waals surface area contributed by atoms with Gasteiger partial charge in [-0.05, 0) is 84.8 Å². The highest BCUT2D eigenvalue weighted by atomic mass is 35.5. The van der Waals surface area contributed by atoms with Crippen molar-refractivity contribution in [3.05, 3.63) is 88.5 Å². The van der Waals surface area contributed by atoms with Crippen LogP contribution < -0.4 is 29.6 Å². The largest absolute Gasteiger partial charge is 0.497 e. The summed E-state index contributed by atoms with van der Waals surface area (Å²) in [5.41, 5.74) is 3.98. The van der Waals surface area contributed by atoms with Crippen molar-refractivity contribution in [2.45, 2.75) is 25.3 Å². The Kier molecular flexibility index (Phi) is 9.14. The Bertz CT molecular complexity index is 1350. The molecular formula is C32H35ClN2O5. The Balaban J connectivity index is 1.23. The number of hydrogen-bond donors (Lipinski definition) is 2. The molecule has 1 fully saturated rings. The molecule has 5 rings (SSSR count). The molecule has 1 heterocycles. The van der Waals surface area contributed by atoms with Gasteiger partial charge in [0.15, 0.2) is 11.5 Å². The van der Waals surface area contributed by atoms with E-state index >= 15 is 0 Å². The van der Waals surface area contributed by atoms with Gasteiger partial charge in [-0.2, -0.15) is 0 Å². The van der Waals surface area contributed by atoms with Crippen LogP contribution in [0.15, 0.2) is 72.3 Å². The fraction of sp³-hybridized carbons (Fsp3) is 0.344. The van der Waals surface area contributed by atoms with E-state index in [-0.39, 0.29) is 11.9 Å². The molecule has 3 aromatic rings. The normalized spacial score (nSPS) is 15.8. The van der Waals surface area contributed by atoms with E-state index in [9.17, 15) is 4.79 Å². The number of carbonyl (C=O) groups is 1. The standard InChI is InChI=1S/C32H35ClN2O5/c1-37-26-5-3-4-23(18-26)31(22-6-7-22)35-32(36)28-20-34-15-14-27(28)21-8-11-25(12-9-21)39-16-17-40-29-13-10-24(33)19-30(29)38-2/h3-5,8-13,18-19,22,31,34H,6-7,14-17,20H2,1-2H3,(H,35,36). The predicted molar refractivity (Wildman–Crippen MR) is 156 cm³/mol. The smallest absolute Gasteiger partial charge is 0.249 e. The molecular weight excluding hydrogens is 528 g/mol. The molecule has 1 aliphatic heterocycles. The third-order valence-corrected chi connectivity index (χ3v) is 7.50. The molecule has 0 bridgehead atoms. The van der Waals surface area contributed by atoms with Crippen molar-refractivity contribution >= 4 is 23.1 Å². The van der Waals surface area contributed by atoms with E-state index in [0.717, 1.165) is 59.6 Å². The van der Waals surface area contributed by atoms with Gasteiger partial charge in [-0.3, -0.25) is 4.79 Å². The summed E-state index contributed by atoms with van der Waals surface area (Å²) in [6, 6.07) is 21.1. The molecule has 2 aliphatic rings. The van der Waals surface area contributed by atoms with Crippen molar-refractivity contribution < 1.29 is 23.7 Å². The fourth-order valence-electron chi connectivity index (χ4n) is 5.01. The zero-order valence-electron chi connectivity index (χ0n) is 22.9. The predicted octanol–water partition coefficient (Wildman–Crippen LogP) is 5.83. The highest BCUT2D eigenvalue weighted by Crippen LogP contribution is 2.42.